The summed E-state index contributed by atoms with van der Waals surface area (Å²) in [7, 11) is 0. The molecule has 3 rings (SSSR count). The monoisotopic (exact) mass is 384 g/mol. The number of furan rings is 1. The van der Waals surface area contributed by atoms with Crippen molar-refractivity contribution in [2.45, 2.75) is 24.8 Å². The molecule has 6 nitrogen and oxygen atoms in total. The summed E-state index contributed by atoms with van der Waals surface area (Å²) in [5.74, 6) is 1.01. The van der Waals surface area contributed by atoms with Gasteiger partial charge in [-0.1, -0.05) is 18.2 Å². The van der Waals surface area contributed by atoms with E-state index in [1.54, 1.807) is 17.0 Å². The number of rotatable bonds is 7. The number of hydrogen-bond acceptors (Lipinski definition) is 5. The summed E-state index contributed by atoms with van der Waals surface area (Å²) in [4.78, 5) is 25.6. The van der Waals surface area contributed by atoms with Crippen molar-refractivity contribution in [3.8, 4) is 0 Å². The summed E-state index contributed by atoms with van der Waals surface area (Å²) in [6.07, 6.45) is 0. The Bertz CT molecular complexity index is 919. The Balaban J connectivity index is 1.66. The Hall–Kier alpha value is -2.80. The number of amides is 1. The molecule has 3 aromatic rings. The minimum atomic E-state index is -0.437. The first-order valence-corrected chi connectivity index (χ1v) is 9.63. The van der Waals surface area contributed by atoms with Crippen molar-refractivity contribution in [1.29, 1.82) is 0 Å². The minimum Gasteiger partial charge on any atom is -0.459 e. The van der Waals surface area contributed by atoms with Crippen LogP contribution < -0.4 is 0 Å². The highest BCUT2D eigenvalue weighted by Gasteiger charge is 2.23. The first-order chi connectivity index (χ1) is 13.0. The Kier molecular flexibility index (Phi) is 5.81. The molecule has 0 saturated heterocycles. The van der Waals surface area contributed by atoms with E-state index < -0.39 is 4.92 Å². The molecular formula is C20H20N2O4S. The quantitative estimate of drug-likeness (QED) is 0.324. The third-order valence-corrected chi connectivity index (χ3v) is 5.39. The molecule has 7 heteroatoms. The van der Waals surface area contributed by atoms with E-state index in [1.165, 1.54) is 23.9 Å². The fraction of sp³-hybridized carbons (Fsp3) is 0.250. The molecule has 0 N–H and O–H groups in total. The lowest BCUT2D eigenvalue weighted by Crippen LogP contribution is -2.34. The second-order valence-electron chi connectivity index (χ2n) is 6.08. The van der Waals surface area contributed by atoms with Gasteiger partial charge in [0, 0.05) is 29.0 Å². The number of para-hydroxylation sites is 1. The van der Waals surface area contributed by atoms with Crippen molar-refractivity contribution in [3.05, 3.63) is 70.5 Å². The summed E-state index contributed by atoms with van der Waals surface area (Å²) in [5, 5.41) is 11.7. The van der Waals surface area contributed by atoms with E-state index in [-0.39, 0.29) is 23.4 Å². The van der Waals surface area contributed by atoms with Crippen LogP contribution in [0.15, 0.2) is 63.9 Å². The normalized spacial score (nSPS) is 12.1. The van der Waals surface area contributed by atoms with Crippen LogP contribution in [0.5, 0.6) is 0 Å². The molecule has 0 aliphatic rings. The van der Waals surface area contributed by atoms with E-state index in [9.17, 15) is 14.9 Å². The molecule has 0 aliphatic heterocycles. The maximum atomic E-state index is 12.7. The van der Waals surface area contributed by atoms with Gasteiger partial charge in [-0.3, -0.25) is 14.9 Å². The molecule has 1 amide bonds. The first kappa shape index (κ1) is 19.0. The molecule has 1 atom stereocenters. The average Bonchev–Trinajstić information content (AvgIpc) is 3.11. The van der Waals surface area contributed by atoms with Crippen molar-refractivity contribution in [2.75, 3.05) is 12.3 Å². The summed E-state index contributed by atoms with van der Waals surface area (Å²) in [6, 6.07) is 15.8. The van der Waals surface area contributed by atoms with Gasteiger partial charge in [-0.2, -0.15) is 0 Å². The topological polar surface area (TPSA) is 76.6 Å². The number of carbonyl (C=O) groups excluding carboxylic acids is 1. The molecule has 0 saturated carbocycles. The molecule has 140 valence electrons. The van der Waals surface area contributed by atoms with Crippen molar-refractivity contribution >= 4 is 34.3 Å². The van der Waals surface area contributed by atoms with Crippen LogP contribution in [-0.2, 0) is 4.79 Å². The number of non-ortho nitro benzene ring substituents is 1. The van der Waals surface area contributed by atoms with Crippen molar-refractivity contribution < 1.29 is 14.1 Å². The molecule has 27 heavy (non-hydrogen) atoms. The van der Waals surface area contributed by atoms with Gasteiger partial charge in [-0.05, 0) is 38.1 Å². The van der Waals surface area contributed by atoms with Crippen LogP contribution in [-0.4, -0.2) is 28.0 Å². The number of nitro groups is 1. The van der Waals surface area contributed by atoms with Gasteiger partial charge >= 0.3 is 0 Å². The van der Waals surface area contributed by atoms with Crippen LogP contribution in [0.1, 0.15) is 25.6 Å². The lowest BCUT2D eigenvalue weighted by molar-refractivity contribution is -0.384. The Morgan fingerprint density at radius 1 is 1.22 bits per heavy atom. The molecule has 0 bridgehead atoms. The second-order valence-corrected chi connectivity index (χ2v) is 7.13. The SMILES string of the molecule is CCN(C(=O)CSc1ccc([N+](=O)[O-])cc1)C(C)c1cc2ccccc2o1. The van der Waals surface area contributed by atoms with Crippen LogP contribution >= 0.6 is 11.8 Å². The van der Waals surface area contributed by atoms with Gasteiger partial charge in [0.05, 0.1) is 16.7 Å². The van der Waals surface area contributed by atoms with Crippen molar-refractivity contribution in [2.24, 2.45) is 0 Å². The molecule has 0 aliphatic carbocycles. The maximum Gasteiger partial charge on any atom is 0.269 e. The van der Waals surface area contributed by atoms with E-state index in [0.29, 0.717) is 6.54 Å². The third-order valence-electron chi connectivity index (χ3n) is 4.39. The van der Waals surface area contributed by atoms with Crippen LogP contribution in [0, 0.1) is 10.1 Å². The Labute approximate surface area is 161 Å². The molecule has 1 heterocycles. The van der Waals surface area contributed by atoms with Crippen molar-refractivity contribution in [1.82, 2.24) is 4.90 Å². The van der Waals surface area contributed by atoms with Gasteiger partial charge in [-0.25, -0.2) is 0 Å². The van der Waals surface area contributed by atoms with Gasteiger partial charge in [0.1, 0.15) is 11.3 Å². The first-order valence-electron chi connectivity index (χ1n) is 8.64. The number of fused-ring (bicyclic) bond motifs is 1. The summed E-state index contributed by atoms with van der Waals surface area (Å²) in [5.41, 5.74) is 0.850. The predicted molar refractivity (Wildman–Crippen MR) is 106 cm³/mol. The predicted octanol–water partition coefficient (Wildman–Crippen LogP) is 5.04. The number of carbonyl (C=O) groups is 1. The highest BCUT2D eigenvalue weighted by atomic mass is 32.2. The Morgan fingerprint density at radius 3 is 2.56 bits per heavy atom. The van der Waals surface area contributed by atoms with E-state index in [1.807, 2.05) is 44.2 Å². The number of nitrogens with zero attached hydrogens (tertiary/aromatic N) is 2. The van der Waals surface area contributed by atoms with Gasteiger partial charge in [0.2, 0.25) is 5.91 Å². The third kappa shape index (κ3) is 4.31. The number of hydrogen-bond donors (Lipinski definition) is 0. The summed E-state index contributed by atoms with van der Waals surface area (Å²) >= 11 is 1.37. The molecule has 0 spiro atoms. The number of nitro benzene ring substituents is 1. The van der Waals surface area contributed by atoms with Gasteiger partial charge in [0.15, 0.2) is 0 Å². The van der Waals surface area contributed by atoms with E-state index in [2.05, 4.69) is 0 Å². The second kappa shape index (κ2) is 8.26. The number of benzene rings is 2. The molecule has 0 radical (unpaired) electrons. The van der Waals surface area contributed by atoms with E-state index >= 15 is 0 Å². The van der Waals surface area contributed by atoms with Crippen LogP contribution in [0.3, 0.4) is 0 Å². The zero-order valence-electron chi connectivity index (χ0n) is 15.1. The number of thioether (sulfide) groups is 1. The zero-order chi connectivity index (χ0) is 19.4. The Morgan fingerprint density at radius 2 is 1.93 bits per heavy atom. The lowest BCUT2D eigenvalue weighted by Gasteiger charge is -2.26. The van der Waals surface area contributed by atoms with E-state index in [0.717, 1.165) is 21.6 Å². The van der Waals surface area contributed by atoms with Crippen LogP contribution in [0.25, 0.3) is 11.0 Å². The molecule has 2 aromatic carbocycles. The molecular weight excluding hydrogens is 364 g/mol. The fourth-order valence-electron chi connectivity index (χ4n) is 2.92. The van der Waals surface area contributed by atoms with E-state index in [4.69, 9.17) is 4.42 Å². The summed E-state index contributed by atoms with van der Waals surface area (Å²) in [6.45, 7) is 4.46. The van der Waals surface area contributed by atoms with Gasteiger partial charge in [0.25, 0.3) is 5.69 Å². The minimum absolute atomic E-state index is 0.00573. The van der Waals surface area contributed by atoms with Crippen molar-refractivity contribution in [3.63, 3.8) is 0 Å². The average molecular weight is 384 g/mol. The summed E-state index contributed by atoms with van der Waals surface area (Å²) < 4.78 is 5.90. The standard InChI is InChI=1S/C20H20N2O4S/c1-3-21(14(2)19-12-15-6-4-5-7-18(15)26-19)20(23)13-27-17-10-8-16(9-11-17)22(24)25/h4-12,14H,3,13H2,1-2H3. The smallest absolute Gasteiger partial charge is 0.269 e. The highest BCUT2D eigenvalue weighted by molar-refractivity contribution is 8.00. The van der Waals surface area contributed by atoms with Gasteiger partial charge < -0.3 is 9.32 Å². The molecule has 1 unspecified atom stereocenters. The highest BCUT2D eigenvalue weighted by Crippen LogP contribution is 2.28. The largest absolute Gasteiger partial charge is 0.459 e. The molecule has 1 aromatic heterocycles. The van der Waals surface area contributed by atoms with Crippen LogP contribution in [0.4, 0.5) is 5.69 Å². The lowest BCUT2D eigenvalue weighted by atomic mass is 10.2. The van der Waals surface area contributed by atoms with Gasteiger partial charge in [-0.15, -0.1) is 11.8 Å². The zero-order valence-corrected chi connectivity index (χ0v) is 15.9. The fourth-order valence-corrected chi connectivity index (χ4v) is 3.70. The molecule has 0 fully saturated rings. The maximum absolute atomic E-state index is 12.7. The van der Waals surface area contributed by atoms with Crippen LogP contribution in [0.2, 0.25) is 0 Å².